The fourth-order valence-corrected chi connectivity index (χ4v) is 3.63. The molecule has 0 saturated heterocycles. The van der Waals surface area contributed by atoms with Crippen LogP contribution in [0.25, 0.3) is 10.7 Å². The van der Waals surface area contributed by atoms with Crippen LogP contribution in [0.2, 0.25) is 0 Å². The van der Waals surface area contributed by atoms with Crippen LogP contribution in [0.15, 0.2) is 35.7 Å². The van der Waals surface area contributed by atoms with Crippen molar-refractivity contribution in [3.63, 3.8) is 0 Å². The van der Waals surface area contributed by atoms with Crippen molar-refractivity contribution < 1.29 is 13.6 Å². The maximum atomic E-state index is 13.9. The summed E-state index contributed by atoms with van der Waals surface area (Å²) in [4.78, 5) is 13.5. The summed E-state index contributed by atoms with van der Waals surface area (Å²) in [6, 6.07) is 5.75. The van der Waals surface area contributed by atoms with Crippen LogP contribution in [0, 0.1) is 16.4 Å². The minimum Gasteiger partial charge on any atom is -0.348 e. The highest BCUT2D eigenvalue weighted by Gasteiger charge is 2.23. The van der Waals surface area contributed by atoms with Gasteiger partial charge in [-0.15, -0.1) is 11.3 Å². The standard InChI is InChI=1S/C17H16F2N4OS2/c1-9(12-6-5-11(18)8-13(12)19)20-16(24)10(2)23-15(21-22-17(23)25)14-4-3-7-26-14/h3-10H,1-2H3,(H,20,24)(H,22,25). The summed E-state index contributed by atoms with van der Waals surface area (Å²) < 4.78 is 28.9. The molecule has 2 aromatic heterocycles. The number of rotatable bonds is 5. The third-order valence-electron chi connectivity index (χ3n) is 4.00. The Morgan fingerprint density at radius 3 is 2.77 bits per heavy atom. The Bertz CT molecular complexity index is 981. The average Bonchev–Trinajstić information content (AvgIpc) is 3.23. The van der Waals surface area contributed by atoms with Gasteiger partial charge in [0.05, 0.1) is 10.9 Å². The molecule has 9 heteroatoms. The summed E-state index contributed by atoms with van der Waals surface area (Å²) in [6.45, 7) is 3.32. The summed E-state index contributed by atoms with van der Waals surface area (Å²) in [5.41, 5.74) is 0.209. The van der Waals surface area contributed by atoms with E-state index in [-0.39, 0.29) is 11.5 Å². The Morgan fingerprint density at radius 1 is 1.35 bits per heavy atom. The normalized spacial score (nSPS) is 13.4. The van der Waals surface area contributed by atoms with Crippen molar-refractivity contribution in [3.8, 4) is 10.7 Å². The lowest BCUT2D eigenvalue weighted by molar-refractivity contribution is -0.124. The van der Waals surface area contributed by atoms with E-state index in [1.165, 1.54) is 17.4 Å². The first kappa shape index (κ1) is 18.4. The van der Waals surface area contributed by atoms with Gasteiger partial charge in [-0.25, -0.2) is 8.78 Å². The summed E-state index contributed by atoms with van der Waals surface area (Å²) in [5.74, 6) is -1.15. The molecule has 0 radical (unpaired) electrons. The van der Waals surface area contributed by atoms with Crippen molar-refractivity contribution in [3.05, 3.63) is 57.7 Å². The van der Waals surface area contributed by atoms with Crippen LogP contribution in [0.5, 0.6) is 0 Å². The van der Waals surface area contributed by atoms with Gasteiger partial charge in [0.2, 0.25) is 5.91 Å². The predicted molar refractivity (Wildman–Crippen MR) is 98.4 cm³/mol. The van der Waals surface area contributed by atoms with Gasteiger partial charge in [0.15, 0.2) is 10.6 Å². The summed E-state index contributed by atoms with van der Waals surface area (Å²) in [5, 5.41) is 11.5. The second-order valence-electron chi connectivity index (χ2n) is 5.77. The van der Waals surface area contributed by atoms with Crippen LogP contribution in [0.3, 0.4) is 0 Å². The molecule has 0 aliphatic rings. The molecule has 26 heavy (non-hydrogen) atoms. The average molecular weight is 394 g/mol. The van der Waals surface area contributed by atoms with E-state index >= 15 is 0 Å². The van der Waals surface area contributed by atoms with Gasteiger partial charge in [0.25, 0.3) is 0 Å². The first-order valence-corrected chi connectivity index (χ1v) is 9.13. The number of hydrogen-bond donors (Lipinski definition) is 2. The van der Waals surface area contributed by atoms with Gasteiger partial charge in [0, 0.05) is 11.6 Å². The van der Waals surface area contributed by atoms with E-state index in [9.17, 15) is 13.6 Å². The van der Waals surface area contributed by atoms with Crippen molar-refractivity contribution in [2.24, 2.45) is 0 Å². The molecular formula is C17H16F2N4OS2. The molecule has 0 saturated carbocycles. The van der Waals surface area contributed by atoms with E-state index in [1.807, 2.05) is 17.5 Å². The number of nitrogens with one attached hydrogen (secondary N) is 2. The number of benzene rings is 1. The van der Waals surface area contributed by atoms with Gasteiger partial charge in [0.1, 0.15) is 17.7 Å². The van der Waals surface area contributed by atoms with E-state index in [0.29, 0.717) is 10.6 Å². The molecule has 2 atom stereocenters. The number of nitrogens with zero attached hydrogens (tertiary/aromatic N) is 2. The molecule has 0 spiro atoms. The van der Waals surface area contributed by atoms with Crippen LogP contribution in [0.1, 0.15) is 31.5 Å². The third kappa shape index (κ3) is 3.58. The molecule has 3 aromatic rings. The molecule has 0 aliphatic carbocycles. The number of thiophene rings is 1. The smallest absolute Gasteiger partial charge is 0.243 e. The number of amides is 1. The zero-order valence-corrected chi connectivity index (χ0v) is 15.6. The molecule has 2 N–H and O–H groups in total. The minimum atomic E-state index is -0.704. The molecule has 3 rings (SSSR count). The van der Waals surface area contributed by atoms with Crippen molar-refractivity contribution in [2.75, 3.05) is 0 Å². The van der Waals surface area contributed by atoms with Gasteiger partial charge >= 0.3 is 0 Å². The van der Waals surface area contributed by atoms with Crippen LogP contribution in [0.4, 0.5) is 8.78 Å². The van der Waals surface area contributed by atoms with E-state index in [1.54, 1.807) is 18.4 Å². The van der Waals surface area contributed by atoms with Gasteiger partial charge in [-0.05, 0) is 43.6 Å². The molecule has 2 heterocycles. The number of hydrogen-bond acceptors (Lipinski definition) is 4. The highest BCUT2D eigenvalue weighted by Crippen LogP contribution is 2.26. The van der Waals surface area contributed by atoms with Gasteiger partial charge in [-0.3, -0.25) is 14.5 Å². The lowest BCUT2D eigenvalue weighted by atomic mass is 10.1. The Balaban J connectivity index is 1.83. The Hall–Kier alpha value is -2.39. The van der Waals surface area contributed by atoms with Crippen molar-refractivity contribution in [1.29, 1.82) is 0 Å². The SMILES string of the molecule is CC(NC(=O)C(C)n1c(-c2cccs2)n[nH]c1=S)c1ccc(F)cc1F. The number of aromatic amines is 1. The van der Waals surface area contributed by atoms with E-state index in [0.717, 1.165) is 17.0 Å². The molecule has 0 aliphatic heterocycles. The Morgan fingerprint density at radius 2 is 2.12 bits per heavy atom. The highest BCUT2D eigenvalue weighted by molar-refractivity contribution is 7.71. The number of halogens is 2. The Labute approximate surface area is 157 Å². The van der Waals surface area contributed by atoms with Crippen LogP contribution in [-0.4, -0.2) is 20.7 Å². The topological polar surface area (TPSA) is 62.7 Å². The number of aromatic nitrogens is 3. The monoisotopic (exact) mass is 394 g/mol. The van der Waals surface area contributed by atoms with Gasteiger partial charge in [-0.1, -0.05) is 12.1 Å². The molecular weight excluding hydrogens is 378 g/mol. The zero-order chi connectivity index (χ0) is 18.8. The number of H-pyrrole nitrogens is 1. The van der Waals surface area contributed by atoms with Crippen molar-refractivity contribution in [1.82, 2.24) is 20.1 Å². The molecule has 1 aromatic carbocycles. The van der Waals surface area contributed by atoms with Crippen molar-refractivity contribution >= 4 is 29.5 Å². The predicted octanol–water partition coefficient (Wildman–Crippen LogP) is 4.39. The molecule has 0 bridgehead atoms. The summed E-state index contributed by atoms with van der Waals surface area (Å²) in [7, 11) is 0. The third-order valence-corrected chi connectivity index (χ3v) is 5.15. The van der Waals surface area contributed by atoms with Gasteiger partial charge in [-0.2, -0.15) is 5.10 Å². The number of carbonyl (C=O) groups is 1. The molecule has 1 amide bonds. The van der Waals surface area contributed by atoms with Crippen LogP contribution in [-0.2, 0) is 4.79 Å². The summed E-state index contributed by atoms with van der Waals surface area (Å²) in [6.07, 6.45) is 0. The summed E-state index contributed by atoms with van der Waals surface area (Å²) >= 11 is 6.73. The molecule has 0 fully saturated rings. The second kappa shape index (κ2) is 7.46. The maximum Gasteiger partial charge on any atom is 0.243 e. The first-order valence-electron chi connectivity index (χ1n) is 7.84. The van der Waals surface area contributed by atoms with E-state index < -0.39 is 23.7 Å². The van der Waals surface area contributed by atoms with Gasteiger partial charge < -0.3 is 5.32 Å². The highest BCUT2D eigenvalue weighted by atomic mass is 32.1. The molecule has 5 nitrogen and oxygen atoms in total. The van der Waals surface area contributed by atoms with Crippen LogP contribution < -0.4 is 5.32 Å². The molecule has 136 valence electrons. The first-order chi connectivity index (χ1) is 12.4. The lowest BCUT2D eigenvalue weighted by Crippen LogP contribution is -2.33. The minimum absolute atomic E-state index is 0.209. The van der Waals surface area contributed by atoms with E-state index in [4.69, 9.17) is 12.2 Å². The van der Waals surface area contributed by atoms with Crippen molar-refractivity contribution in [2.45, 2.75) is 25.9 Å². The largest absolute Gasteiger partial charge is 0.348 e. The number of carbonyl (C=O) groups excluding carboxylic acids is 1. The fourth-order valence-electron chi connectivity index (χ4n) is 2.63. The maximum absolute atomic E-state index is 13.9. The molecule has 2 unspecified atom stereocenters. The second-order valence-corrected chi connectivity index (χ2v) is 7.11. The lowest BCUT2D eigenvalue weighted by Gasteiger charge is -2.20. The fraction of sp³-hybridized carbons (Fsp3) is 0.235. The van der Waals surface area contributed by atoms with Crippen LogP contribution >= 0.6 is 23.6 Å². The zero-order valence-electron chi connectivity index (χ0n) is 14.0. The Kier molecular flexibility index (Phi) is 5.28. The van der Waals surface area contributed by atoms with E-state index in [2.05, 4.69) is 15.5 Å². The quantitative estimate of drug-likeness (QED) is 0.631.